The molecule has 1 aromatic carbocycles. The van der Waals surface area contributed by atoms with E-state index in [2.05, 4.69) is 0 Å². The number of halogens is 3. The molecule has 3 nitrogen and oxygen atoms in total. The quantitative estimate of drug-likeness (QED) is 0.887. The van der Waals surface area contributed by atoms with Gasteiger partial charge in [-0.25, -0.2) is 0 Å². The largest absolute Gasteiger partial charge is 0.480 e. The van der Waals surface area contributed by atoms with Crippen molar-refractivity contribution in [2.45, 2.75) is 37.9 Å². The van der Waals surface area contributed by atoms with E-state index in [9.17, 15) is 18.0 Å². The summed E-state index contributed by atoms with van der Waals surface area (Å²) in [5.74, 6) is -1.84. The maximum atomic E-state index is 12.9. The number of nitrogens with two attached hydrogens (primary N) is 1. The second-order valence-corrected chi connectivity index (χ2v) is 4.91. The van der Waals surface area contributed by atoms with E-state index in [-0.39, 0.29) is 12.0 Å². The van der Waals surface area contributed by atoms with Gasteiger partial charge in [0, 0.05) is 0 Å². The summed E-state index contributed by atoms with van der Waals surface area (Å²) in [7, 11) is 0. The van der Waals surface area contributed by atoms with Crippen LogP contribution in [-0.4, -0.2) is 16.6 Å². The molecule has 0 radical (unpaired) electrons. The third kappa shape index (κ3) is 3.70. The molecule has 2 unspecified atom stereocenters. The molecule has 0 saturated heterocycles. The Morgan fingerprint density at radius 1 is 1.37 bits per heavy atom. The maximum Gasteiger partial charge on any atom is 0.416 e. The van der Waals surface area contributed by atoms with E-state index >= 15 is 0 Å². The SMILES string of the molecule is CC(CC(C)(N)C(=O)O)c1ccccc1C(F)(F)F. The number of alkyl halides is 3. The van der Waals surface area contributed by atoms with Gasteiger partial charge in [-0.3, -0.25) is 4.79 Å². The molecule has 1 aromatic rings. The summed E-state index contributed by atoms with van der Waals surface area (Å²) >= 11 is 0. The van der Waals surface area contributed by atoms with Crippen molar-refractivity contribution < 1.29 is 23.1 Å². The number of hydrogen-bond donors (Lipinski definition) is 2. The summed E-state index contributed by atoms with van der Waals surface area (Å²) in [5, 5.41) is 8.92. The molecule has 0 aliphatic carbocycles. The third-order valence-electron chi connectivity index (χ3n) is 3.02. The Bertz CT molecular complexity index is 469. The summed E-state index contributed by atoms with van der Waals surface area (Å²) in [6.45, 7) is 2.83. The second-order valence-electron chi connectivity index (χ2n) is 4.91. The number of benzene rings is 1. The average molecular weight is 275 g/mol. The lowest BCUT2D eigenvalue weighted by Crippen LogP contribution is -2.45. The van der Waals surface area contributed by atoms with Crippen LogP contribution < -0.4 is 5.73 Å². The van der Waals surface area contributed by atoms with E-state index in [0.717, 1.165) is 6.07 Å². The lowest BCUT2D eigenvalue weighted by molar-refractivity contribution is -0.143. The van der Waals surface area contributed by atoms with Crippen LogP contribution in [0.2, 0.25) is 0 Å². The van der Waals surface area contributed by atoms with Gasteiger partial charge in [-0.1, -0.05) is 25.1 Å². The van der Waals surface area contributed by atoms with Crippen molar-refractivity contribution in [3.05, 3.63) is 35.4 Å². The molecule has 3 N–H and O–H groups in total. The highest BCUT2D eigenvalue weighted by atomic mass is 19.4. The van der Waals surface area contributed by atoms with Crippen molar-refractivity contribution in [1.82, 2.24) is 0 Å². The molecule has 0 amide bonds. The first-order valence-electron chi connectivity index (χ1n) is 5.74. The molecule has 0 aliphatic rings. The van der Waals surface area contributed by atoms with Crippen molar-refractivity contribution in [3.63, 3.8) is 0 Å². The topological polar surface area (TPSA) is 63.3 Å². The van der Waals surface area contributed by atoms with Gasteiger partial charge in [0.2, 0.25) is 0 Å². The highest BCUT2D eigenvalue weighted by Gasteiger charge is 2.36. The van der Waals surface area contributed by atoms with Crippen molar-refractivity contribution in [2.24, 2.45) is 5.73 Å². The van der Waals surface area contributed by atoms with E-state index in [1.807, 2.05) is 0 Å². The van der Waals surface area contributed by atoms with Crippen molar-refractivity contribution in [1.29, 1.82) is 0 Å². The van der Waals surface area contributed by atoms with Gasteiger partial charge in [-0.2, -0.15) is 13.2 Å². The van der Waals surface area contributed by atoms with E-state index < -0.39 is 29.2 Å². The fourth-order valence-electron chi connectivity index (χ4n) is 2.02. The molecule has 0 saturated carbocycles. The zero-order chi connectivity index (χ0) is 14.8. The smallest absolute Gasteiger partial charge is 0.416 e. The number of aliphatic carboxylic acids is 1. The van der Waals surface area contributed by atoms with E-state index in [4.69, 9.17) is 10.8 Å². The van der Waals surface area contributed by atoms with Gasteiger partial charge >= 0.3 is 12.1 Å². The summed E-state index contributed by atoms with van der Waals surface area (Å²) in [5.41, 5.74) is 3.34. The molecule has 6 heteroatoms. The number of rotatable bonds is 4. The van der Waals surface area contributed by atoms with Gasteiger partial charge in [-0.05, 0) is 30.9 Å². The minimum atomic E-state index is -4.46. The van der Waals surface area contributed by atoms with Crippen molar-refractivity contribution >= 4 is 5.97 Å². The highest BCUT2D eigenvalue weighted by Crippen LogP contribution is 2.37. The van der Waals surface area contributed by atoms with Crippen LogP contribution in [0.5, 0.6) is 0 Å². The van der Waals surface area contributed by atoms with Crippen LogP contribution in [0.1, 0.15) is 37.3 Å². The van der Waals surface area contributed by atoms with E-state index in [0.29, 0.717) is 0 Å². The molecule has 1 rings (SSSR count). The molecular formula is C13H16F3NO2. The van der Waals surface area contributed by atoms with Crippen LogP contribution in [0.4, 0.5) is 13.2 Å². The first kappa shape index (κ1) is 15.5. The molecule has 0 aromatic heterocycles. The fourth-order valence-corrected chi connectivity index (χ4v) is 2.02. The average Bonchev–Trinajstić information content (AvgIpc) is 2.27. The molecule has 0 spiro atoms. The second kappa shape index (κ2) is 5.21. The summed E-state index contributed by atoms with van der Waals surface area (Å²) < 4.78 is 38.6. The predicted octanol–water partition coefficient (Wildman–Crippen LogP) is 3.00. The van der Waals surface area contributed by atoms with Gasteiger partial charge in [-0.15, -0.1) is 0 Å². The maximum absolute atomic E-state index is 12.9. The molecule has 19 heavy (non-hydrogen) atoms. The monoisotopic (exact) mass is 275 g/mol. The first-order valence-corrected chi connectivity index (χ1v) is 5.74. The number of carboxylic acid groups (broad SMARTS) is 1. The van der Waals surface area contributed by atoms with Crippen molar-refractivity contribution in [3.8, 4) is 0 Å². The van der Waals surface area contributed by atoms with Crippen LogP contribution in [0.3, 0.4) is 0 Å². The molecule has 106 valence electrons. The molecular weight excluding hydrogens is 259 g/mol. The lowest BCUT2D eigenvalue weighted by atomic mass is 9.84. The summed E-state index contributed by atoms with van der Waals surface area (Å²) in [6, 6.07) is 5.14. The fraction of sp³-hybridized carbons (Fsp3) is 0.462. The standard InChI is InChI=1S/C13H16F3NO2/c1-8(7-12(2,17)11(18)19)9-5-3-4-6-10(9)13(14,15)16/h3-6,8H,7,17H2,1-2H3,(H,18,19). The Morgan fingerprint density at radius 2 is 1.89 bits per heavy atom. The zero-order valence-electron chi connectivity index (χ0n) is 10.7. The zero-order valence-corrected chi connectivity index (χ0v) is 10.7. The van der Waals surface area contributed by atoms with Crippen LogP contribution in [-0.2, 0) is 11.0 Å². The minimum absolute atomic E-state index is 0.0629. The van der Waals surface area contributed by atoms with E-state index in [1.165, 1.54) is 25.1 Å². The molecule has 0 fully saturated rings. The lowest BCUT2D eigenvalue weighted by Gasteiger charge is -2.25. The van der Waals surface area contributed by atoms with E-state index in [1.54, 1.807) is 6.92 Å². The van der Waals surface area contributed by atoms with Gasteiger partial charge in [0.15, 0.2) is 0 Å². The van der Waals surface area contributed by atoms with Crippen LogP contribution in [0, 0.1) is 0 Å². The van der Waals surface area contributed by atoms with Crippen LogP contribution in [0.15, 0.2) is 24.3 Å². The Morgan fingerprint density at radius 3 is 2.37 bits per heavy atom. The van der Waals surface area contributed by atoms with Gasteiger partial charge in [0.25, 0.3) is 0 Å². The molecule has 0 aliphatic heterocycles. The van der Waals surface area contributed by atoms with Crippen molar-refractivity contribution in [2.75, 3.05) is 0 Å². The number of carboxylic acids is 1. The Balaban J connectivity index is 3.08. The third-order valence-corrected chi connectivity index (χ3v) is 3.02. The Hall–Kier alpha value is -1.56. The van der Waals surface area contributed by atoms with Gasteiger partial charge in [0.1, 0.15) is 5.54 Å². The Labute approximate surface area is 109 Å². The summed E-state index contributed by atoms with van der Waals surface area (Å²) in [4.78, 5) is 10.9. The normalized spacial score (nSPS) is 16.7. The van der Waals surface area contributed by atoms with Crippen LogP contribution in [0.25, 0.3) is 0 Å². The number of carbonyl (C=O) groups is 1. The molecule has 0 bridgehead atoms. The van der Waals surface area contributed by atoms with Gasteiger partial charge < -0.3 is 10.8 Å². The molecule has 0 heterocycles. The predicted molar refractivity (Wildman–Crippen MR) is 64.7 cm³/mol. The summed E-state index contributed by atoms with van der Waals surface area (Å²) in [6.07, 6.45) is -4.53. The van der Waals surface area contributed by atoms with Gasteiger partial charge in [0.05, 0.1) is 5.56 Å². The Kier molecular flexibility index (Phi) is 4.25. The highest BCUT2D eigenvalue weighted by molar-refractivity contribution is 5.77. The minimum Gasteiger partial charge on any atom is -0.480 e. The molecule has 2 atom stereocenters. The van der Waals surface area contributed by atoms with Crippen LogP contribution >= 0.6 is 0 Å². The first-order chi connectivity index (χ1) is 8.55. The number of hydrogen-bond acceptors (Lipinski definition) is 2.